The average Bonchev–Trinajstić information content (AvgIpc) is 3.07. The van der Waals surface area contributed by atoms with Gasteiger partial charge in [0.05, 0.1) is 13.2 Å². The number of morpholine rings is 1. The monoisotopic (exact) mass is 346 g/mol. The van der Waals surface area contributed by atoms with Crippen molar-refractivity contribution >= 4 is 17.4 Å². The molecule has 2 heterocycles. The molecule has 2 amide bonds. The third-order valence-electron chi connectivity index (χ3n) is 4.05. The maximum Gasteiger partial charge on any atom is 0.317 e. The minimum atomic E-state index is -0.204. The minimum Gasteiger partial charge on any atom is -0.508 e. The number of thiophene rings is 1. The maximum absolute atomic E-state index is 12.5. The fraction of sp³-hybridized carbons (Fsp3) is 0.389. The van der Waals surface area contributed by atoms with E-state index in [2.05, 4.69) is 11.4 Å². The molecule has 6 heteroatoms. The molecule has 1 aromatic heterocycles. The Labute approximate surface area is 145 Å². The van der Waals surface area contributed by atoms with Crippen LogP contribution in [0.25, 0.3) is 0 Å². The molecular weight excluding hydrogens is 324 g/mol. The second kappa shape index (κ2) is 7.68. The highest BCUT2D eigenvalue weighted by Crippen LogP contribution is 2.25. The van der Waals surface area contributed by atoms with Crippen LogP contribution in [0.4, 0.5) is 4.79 Å². The lowest BCUT2D eigenvalue weighted by molar-refractivity contribution is -0.0158. The second-order valence-corrected chi connectivity index (χ2v) is 7.07. The van der Waals surface area contributed by atoms with Crippen molar-refractivity contribution in [2.24, 2.45) is 0 Å². The molecule has 2 N–H and O–H groups in total. The molecule has 24 heavy (non-hydrogen) atoms. The molecular formula is C18H22N2O3S. The summed E-state index contributed by atoms with van der Waals surface area (Å²) >= 11 is 1.70. The molecule has 2 atom stereocenters. The molecule has 1 aliphatic rings. The summed E-state index contributed by atoms with van der Waals surface area (Å²) < 4.78 is 5.76. The molecule has 1 fully saturated rings. The van der Waals surface area contributed by atoms with Crippen molar-refractivity contribution in [2.45, 2.75) is 25.5 Å². The molecule has 0 aliphatic carbocycles. The van der Waals surface area contributed by atoms with Gasteiger partial charge in [0.15, 0.2) is 0 Å². The zero-order chi connectivity index (χ0) is 16.9. The number of rotatable bonds is 4. The van der Waals surface area contributed by atoms with Gasteiger partial charge < -0.3 is 20.1 Å². The Morgan fingerprint density at radius 1 is 1.46 bits per heavy atom. The first-order valence-electron chi connectivity index (χ1n) is 8.10. The van der Waals surface area contributed by atoms with E-state index in [1.807, 2.05) is 24.4 Å². The van der Waals surface area contributed by atoms with Crippen LogP contribution in [0.1, 0.15) is 23.5 Å². The Hall–Kier alpha value is -2.05. The molecule has 0 unspecified atom stereocenters. The summed E-state index contributed by atoms with van der Waals surface area (Å²) in [6.45, 7) is 3.58. The molecule has 128 valence electrons. The Morgan fingerprint density at radius 3 is 3.08 bits per heavy atom. The van der Waals surface area contributed by atoms with Crippen LogP contribution >= 0.6 is 11.3 Å². The number of phenols is 1. The molecule has 0 spiro atoms. The molecule has 3 rings (SSSR count). The first kappa shape index (κ1) is 16.8. The van der Waals surface area contributed by atoms with Gasteiger partial charge in [0, 0.05) is 23.9 Å². The van der Waals surface area contributed by atoms with E-state index in [1.54, 1.807) is 34.4 Å². The zero-order valence-corrected chi connectivity index (χ0v) is 14.5. The molecule has 1 aromatic carbocycles. The maximum atomic E-state index is 12.5. The number of hydrogen-bond acceptors (Lipinski definition) is 4. The van der Waals surface area contributed by atoms with E-state index in [0.717, 1.165) is 12.0 Å². The fourth-order valence-corrected chi connectivity index (χ4v) is 3.68. The molecule has 1 aliphatic heterocycles. The Bertz CT molecular complexity index is 675. The summed E-state index contributed by atoms with van der Waals surface area (Å²) in [4.78, 5) is 15.5. The van der Waals surface area contributed by atoms with Gasteiger partial charge in [-0.05, 0) is 36.1 Å². The van der Waals surface area contributed by atoms with Crippen LogP contribution in [-0.4, -0.2) is 41.8 Å². The molecule has 5 nitrogen and oxygen atoms in total. The normalized spacial score (nSPS) is 19.0. The van der Waals surface area contributed by atoms with Gasteiger partial charge in [-0.2, -0.15) is 0 Å². The van der Waals surface area contributed by atoms with Crippen molar-refractivity contribution in [2.75, 3.05) is 19.7 Å². The summed E-state index contributed by atoms with van der Waals surface area (Å²) in [5.41, 5.74) is 0.888. The number of hydrogen-bond donors (Lipinski definition) is 2. The van der Waals surface area contributed by atoms with Crippen molar-refractivity contribution in [3.05, 3.63) is 52.2 Å². The van der Waals surface area contributed by atoms with Gasteiger partial charge in [0.25, 0.3) is 0 Å². The van der Waals surface area contributed by atoms with Gasteiger partial charge in [0.1, 0.15) is 11.9 Å². The summed E-state index contributed by atoms with van der Waals surface area (Å²) in [6.07, 6.45) is 0.633. The number of aromatic hydroxyl groups is 1. The van der Waals surface area contributed by atoms with E-state index < -0.39 is 0 Å². The smallest absolute Gasteiger partial charge is 0.317 e. The van der Waals surface area contributed by atoms with Gasteiger partial charge in [-0.3, -0.25) is 0 Å². The highest BCUT2D eigenvalue weighted by molar-refractivity contribution is 7.09. The van der Waals surface area contributed by atoms with E-state index in [4.69, 9.17) is 4.74 Å². The van der Waals surface area contributed by atoms with E-state index in [1.165, 1.54) is 4.88 Å². The van der Waals surface area contributed by atoms with Crippen LogP contribution in [0.2, 0.25) is 0 Å². The van der Waals surface area contributed by atoms with Crippen molar-refractivity contribution in [3.8, 4) is 5.75 Å². The lowest BCUT2D eigenvalue weighted by atomic mass is 10.1. The number of benzene rings is 1. The average molecular weight is 346 g/mol. The zero-order valence-electron chi connectivity index (χ0n) is 13.6. The number of phenolic OH excluding ortho intramolecular Hbond substituents is 1. The number of ether oxygens (including phenoxy) is 1. The van der Waals surface area contributed by atoms with Crippen LogP contribution in [0, 0.1) is 0 Å². The molecule has 0 saturated carbocycles. The number of amides is 2. The largest absolute Gasteiger partial charge is 0.508 e. The molecule has 0 radical (unpaired) electrons. The number of carbonyl (C=O) groups is 1. The topological polar surface area (TPSA) is 61.8 Å². The van der Waals surface area contributed by atoms with Crippen LogP contribution < -0.4 is 5.32 Å². The lowest BCUT2D eigenvalue weighted by Crippen LogP contribution is -2.49. The fourth-order valence-electron chi connectivity index (χ4n) is 2.84. The first-order chi connectivity index (χ1) is 11.6. The highest BCUT2D eigenvalue weighted by atomic mass is 32.1. The summed E-state index contributed by atoms with van der Waals surface area (Å²) in [6, 6.07) is 11.1. The number of nitrogens with one attached hydrogen (secondary N) is 1. The van der Waals surface area contributed by atoms with Crippen molar-refractivity contribution in [3.63, 3.8) is 0 Å². The predicted molar refractivity (Wildman–Crippen MR) is 94.4 cm³/mol. The first-order valence-corrected chi connectivity index (χ1v) is 8.98. The third-order valence-corrected chi connectivity index (χ3v) is 4.95. The summed E-state index contributed by atoms with van der Waals surface area (Å²) in [7, 11) is 0. The van der Waals surface area contributed by atoms with Gasteiger partial charge in [-0.1, -0.05) is 18.2 Å². The molecule has 2 aromatic rings. The third kappa shape index (κ3) is 4.27. The standard InChI is InChI=1S/C18H22N2O3S/c1-13(10-16-6-3-9-24-16)19-18(22)20-7-8-23-17(12-20)14-4-2-5-15(21)11-14/h2-6,9,11,13,17,21H,7-8,10,12H2,1H3,(H,19,22)/t13-,17-/m1/s1. The molecule has 0 bridgehead atoms. The number of urea groups is 1. The number of nitrogens with zero attached hydrogens (tertiary/aromatic N) is 1. The van der Waals surface area contributed by atoms with Crippen molar-refractivity contribution in [1.82, 2.24) is 10.2 Å². The van der Waals surface area contributed by atoms with Crippen LogP contribution in [0.5, 0.6) is 5.75 Å². The second-order valence-electron chi connectivity index (χ2n) is 6.03. The van der Waals surface area contributed by atoms with Crippen molar-refractivity contribution < 1.29 is 14.6 Å². The summed E-state index contributed by atoms with van der Waals surface area (Å²) in [5.74, 6) is 0.210. The highest BCUT2D eigenvalue weighted by Gasteiger charge is 2.26. The Kier molecular flexibility index (Phi) is 5.37. The quantitative estimate of drug-likeness (QED) is 0.894. The number of carbonyl (C=O) groups excluding carboxylic acids is 1. The van der Waals surface area contributed by atoms with Gasteiger partial charge in [-0.15, -0.1) is 11.3 Å². The van der Waals surface area contributed by atoms with E-state index in [9.17, 15) is 9.90 Å². The van der Waals surface area contributed by atoms with Crippen LogP contribution in [-0.2, 0) is 11.2 Å². The van der Waals surface area contributed by atoms with Crippen molar-refractivity contribution in [1.29, 1.82) is 0 Å². The van der Waals surface area contributed by atoms with E-state index in [-0.39, 0.29) is 23.9 Å². The molecule has 1 saturated heterocycles. The Balaban J connectivity index is 1.56. The van der Waals surface area contributed by atoms with E-state index in [0.29, 0.717) is 19.7 Å². The van der Waals surface area contributed by atoms with Gasteiger partial charge >= 0.3 is 6.03 Å². The van der Waals surface area contributed by atoms with E-state index >= 15 is 0 Å². The van der Waals surface area contributed by atoms with Gasteiger partial charge in [0.2, 0.25) is 0 Å². The predicted octanol–water partition coefficient (Wildman–Crippen LogP) is 3.17. The summed E-state index contributed by atoms with van der Waals surface area (Å²) in [5, 5.41) is 14.7. The van der Waals surface area contributed by atoms with Gasteiger partial charge in [-0.25, -0.2) is 4.79 Å². The Morgan fingerprint density at radius 2 is 2.33 bits per heavy atom. The van der Waals surface area contributed by atoms with Crippen LogP contribution in [0.3, 0.4) is 0 Å². The minimum absolute atomic E-state index is 0.0625. The van der Waals surface area contributed by atoms with Crippen LogP contribution in [0.15, 0.2) is 41.8 Å². The lowest BCUT2D eigenvalue weighted by Gasteiger charge is -2.34. The SMILES string of the molecule is C[C@H](Cc1cccs1)NC(=O)N1CCO[C@@H](c2cccc(O)c2)C1.